The zero-order valence-corrected chi connectivity index (χ0v) is 23.6. The van der Waals surface area contributed by atoms with Gasteiger partial charge in [0.2, 0.25) is 12.5 Å². The number of hydrogen-bond donors (Lipinski definition) is 4. The highest BCUT2D eigenvalue weighted by atomic mass is 32.2. The minimum Gasteiger partial charge on any atom is -0.502 e. The first-order valence-electron chi connectivity index (χ1n) is 13.6. The number of benzene rings is 2. The molecule has 5 rings (SSSR count). The largest absolute Gasteiger partial charge is 0.502 e. The molecular weight excluding hydrogens is 538 g/mol. The molecule has 0 saturated carbocycles. The van der Waals surface area contributed by atoms with Crippen LogP contribution in [0.2, 0.25) is 0 Å². The van der Waals surface area contributed by atoms with Crippen LogP contribution in [0.15, 0.2) is 24.3 Å². The Kier molecular flexibility index (Phi) is 8.99. The van der Waals surface area contributed by atoms with Gasteiger partial charge in [0.05, 0.1) is 49.5 Å². The van der Waals surface area contributed by atoms with Gasteiger partial charge in [-0.1, -0.05) is 6.42 Å². The molecule has 40 heavy (non-hydrogen) atoms. The maximum atomic E-state index is 13.3. The minimum absolute atomic E-state index is 0.0968. The Morgan fingerprint density at radius 2 is 1.70 bits per heavy atom. The molecule has 1 saturated heterocycles. The second-order valence-electron chi connectivity index (χ2n) is 10.2. The van der Waals surface area contributed by atoms with Crippen molar-refractivity contribution in [2.75, 3.05) is 53.0 Å². The number of esters is 1. The van der Waals surface area contributed by atoms with Crippen LogP contribution in [0.4, 0.5) is 0 Å². The summed E-state index contributed by atoms with van der Waals surface area (Å²) in [5.74, 6) is 0.289. The fourth-order valence-corrected chi connectivity index (χ4v) is 6.90. The average Bonchev–Trinajstić information content (AvgIpc) is 3.58. The number of nitrogens with two attached hydrogens (primary N) is 1. The fraction of sp³-hybridized carbons (Fsp3) is 0.536. The Hall–Kier alpha value is -3.06. The normalized spacial score (nSPS) is 23.3. The molecule has 0 aromatic heterocycles. The van der Waals surface area contributed by atoms with Crippen molar-refractivity contribution in [3.05, 3.63) is 41.0 Å². The lowest BCUT2D eigenvalue weighted by atomic mass is 9.65. The third-order valence-electron chi connectivity index (χ3n) is 7.83. The van der Waals surface area contributed by atoms with Crippen LogP contribution >= 0.6 is 0 Å². The smallest absolute Gasteiger partial charge is 0.310 e. The zero-order chi connectivity index (χ0) is 28.2. The highest BCUT2D eigenvalue weighted by Gasteiger charge is 2.53. The summed E-state index contributed by atoms with van der Waals surface area (Å²) in [5.41, 5.74) is 7.96. The van der Waals surface area contributed by atoms with Crippen LogP contribution in [-0.4, -0.2) is 68.3 Å². The number of nitrogens with one attached hydrogen (secondary N) is 2. The molecule has 0 amide bonds. The third kappa shape index (κ3) is 5.58. The predicted octanol–water partition coefficient (Wildman–Crippen LogP) is 2.09. The molecule has 2 aromatic rings. The molecule has 0 radical (unpaired) electrons. The lowest BCUT2D eigenvalue weighted by Crippen LogP contribution is -2.42. The van der Waals surface area contributed by atoms with E-state index in [1.54, 1.807) is 12.1 Å². The molecule has 11 nitrogen and oxygen atoms in total. The molecule has 1 fully saturated rings. The summed E-state index contributed by atoms with van der Waals surface area (Å²) in [4.78, 5) is 13.3. The first-order chi connectivity index (χ1) is 19.5. The second-order valence-corrected chi connectivity index (χ2v) is 11.5. The average molecular weight is 576 g/mol. The second kappa shape index (κ2) is 12.6. The van der Waals surface area contributed by atoms with Crippen molar-refractivity contribution in [1.82, 2.24) is 10.0 Å². The van der Waals surface area contributed by atoms with Gasteiger partial charge < -0.3 is 39.8 Å². The van der Waals surface area contributed by atoms with E-state index in [-0.39, 0.29) is 42.5 Å². The van der Waals surface area contributed by atoms with Gasteiger partial charge in [-0.15, -0.1) is 0 Å². The molecule has 3 unspecified atom stereocenters. The number of methoxy groups -OCH3 is 2. The quantitative estimate of drug-likeness (QED) is 0.206. The molecular formula is C28H37N3O8S. The summed E-state index contributed by atoms with van der Waals surface area (Å²) in [6, 6.07) is 6.80. The lowest BCUT2D eigenvalue weighted by Gasteiger charge is -2.39. The van der Waals surface area contributed by atoms with Crippen molar-refractivity contribution in [3.8, 4) is 28.7 Å². The van der Waals surface area contributed by atoms with E-state index in [4.69, 9.17) is 29.4 Å². The molecule has 3 aliphatic rings. The summed E-state index contributed by atoms with van der Waals surface area (Å²) in [7, 11) is 1.55. The van der Waals surface area contributed by atoms with Crippen LogP contribution in [-0.2, 0) is 20.5 Å². The van der Waals surface area contributed by atoms with E-state index in [2.05, 4.69) is 10.0 Å². The summed E-state index contributed by atoms with van der Waals surface area (Å²) in [6.07, 6.45) is 3.09. The first kappa shape index (κ1) is 28.5. The van der Waals surface area contributed by atoms with Crippen molar-refractivity contribution in [3.63, 3.8) is 0 Å². The molecule has 2 aromatic carbocycles. The predicted molar refractivity (Wildman–Crippen MR) is 148 cm³/mol. The number of phenols is 1. The summed E-state index contributed by atoms with van der Waals surface area (Å²) >= 11 is 0. The van der Waals surface area contributed by atoms with Gasteiger partial charge in [-0.3, -0.25) is 4.79 Å². The number of hydrogen-bond acceptors (Lipinski definition) is 10. The first-order valence-corrected chi connectivity index (χ1v) is 14.9. The van der Waals surface area contributed by atoms with Gasteiger partial charge in [-0.25, -0.2) is 8.93 Å². The van der Waals surface area contributed by atoms with E-state index >= 15 is 0 Å². The van der Waals surface area contributed by atoms with Gasteiger partial charge in [0.1, 0.15) is 0 Å². The van der Waals surface area contributed by atoms with Crippen molar-refractivity contribution in [2.45, 2.75) is 31.2 Å². The Morgan fingerprint density at radius 1 is 1.00 bits per heavy atom. The van der Waals surface area contributed by atoms with Crippen molar-refractivity contribution >= 4 is 17.0 Å². The van der Waals surface area contributed by atoms with E-state index in [1.165, 1.54) is 14.2 Å². The van der Waals surface area contributed by atoms with Crippen LogP contribution in [0.3, 0.4) is 0 Å². The van der Waals surface area contributed by atoms with Crippen molar-refractivity contribution < 1.29 is 37.8 Å². The highest BCUT2D eigenvalue weighted by molar-refractivity contribution is 7.83. The Balaban J connectivity index is 1.47. The number of cyclic esters (lactones) is 1. The van der Waals surface area contributed by atoms with E-state index in [9.17, 15) is 14.1 Å². The number of ether oxygens (including phenoxy) is 5. The number of rotatable bonds is 13. The number of aromatic hydroxyl groups is 1. The summed E-state index contributed by atoms with van der Waals surface area (Å²) in [6.45, 7) is 2.43. The molecule has 5 N–H and O–H groups in total. The van der Waals surface area contributed by atoms with Crippen LogP contribution < -0.4 is 34.7 Å². The molecule has 218 valence electrons. The minimum atomic E-state index is -1.37. The van der Waals surface area contributed by atoms with Crippen molar-refractivity contribution in [2.24, 2.45) is 17.6 Å². The number of phenolic OH excluding ortho intramolecular Hbond substituents is 1. The Morgan fingerprint density at radius 3 is 2.38 bits per heavy atom. The van der Waals surface area contributed by atoms with Crippen LogP contribution in [0.1, 0.15) is 47.9 Å². The molecule has 0 bridgehead atoms. The highest BCUT2D eigenvalue weighted by Crippen LogP contribution is 2.55. The van der Waals surface area contributed by atoms with Crippen LogP contribution in [0.25, 0.3) is 0 Å². The van der Waals surface area contributed by atoms with E-state index in [0.29, 0.717) is 30.3 Å². The number of carbonyl (C=O) groups is 1. The van der Waals surface area contributed by atoms with Gasteiger partial charge in [-0.2, -0.15) is 0 Å². The van der Waals surface area contributed by atoms with Gasteiger partial charge >= 0.3 is 5.97 Å². The monoisotopic (exact) mass is 575 g/mol. The molecule has 12 heteroatoms. The summed E-state index contributed by atoms with van der Waals surface area (Å²) in [5, 5.41) is 13.9. The maximum absolute atomic E-state index is 13.3. The SMILES string of the molecule is COc1cc([C@@H]2c3cc4c(cc3C(NS(=O)CCNCCCCCN)C3COC(=O)[C@@H]32)OCO4)cc(OC)c1O. The standard InChI is InChI=1S/C28H37N3O8S/c1-35-22-10-16(11-23(36-2)27(22)32)24-17-12-20-21(39-15-38-20)13-18(17)26(19-14-37-28(33)25(19)24)31-40(34)9-8-30-7-5-3-4-6-29/h10-13,19,24-26,30-32H,3-9,14-15,29H2,1-2H3/t19?,24-,25+,26?,40?/m1/s1. The summed E-state index contributed by atoms with van der Waals surface area (Å²) < 4.78 is 44.3. The maximum Gasteiger partial charge on any atom is 0.310 e. The van der Waals surface area contributed by atoms with E-state index in [1.807, 2.05) is 12.1 Å². The third-order valence-corrected chi connectivity index (χ3v) is 8.92. The topological polar surface area (TPSA) is 151 Å². The van der Waals surface area contributed by atoms with Gasteiger partial charge in [0.15, 0.2) is 23.0 Å². The fourth-order valence-electron chi connectivity index (χ4n) is 5.87. The molecule has 0 spiro atoms. The number of carbonyl (C=O) groups excluding carboxylic acids is 1. The van der Waals surface area contributed by atoms with E-state index in [0.717, 1.165) is 42.5 Å². The Labute approximate surface area is 236 Å². The molecule has 5 atom stereocenters. The molecule has 1 aliphatic carbocycles. The lowest BCUT2D eigenvalue weighted by molar-refractivity contribution is -0.141. The molecule has 2 heterocycles. The molecule has 2 aliphatic heterocycles. The van der Waals surface area contributed by atoms with Gasteiger partial charge in [0, 0.05) is 18.4 Å². The van der Waals surface area contributed by atoms with E-state index < -0.39 is 28.9 Å². The zero-order valence-electron chi connectivity index (χ0n) is 22.8. The number of unbranched alkanes of at least 4 members (excludes halogenated alkanes) is 2. The Bertz CT molecular complexity index is 1230. The van der Waals surface area contributed by atoms with Crippen LogP contribution in [0.5, 0.6) is 28.7 Å². The van der Waals surface area contributed by atoms with Crippen LogP contribution in [0, 0.1) is 11.8 Å². The number of fused-ring (bicyclic) bond motifs is 3. The van der Waals surface area contributed by atoms with Gasteiger partial charge in [-0.05, 0) is 66.9 Å². The van der Waals surface area contributed by atoms with Gasteiger partial charge in [0.25, 0.3) is 0 Å². The van der Waals surface area contributed by atoms with Crippen molar-refractivity contribution in [1.29, 1.82) is 0 Å².